The molecule has 2 N–H and O–H groups in total. The highest BCUT2D eigenvalue weighted by Crippen LogP contribution is 2.37. The second-order valence-corrected chi connectivity index (χ2v) is 8.78. The zero-order chi connectivity index (χ0) is 22.2. The van der Waals surface area contributed by atoms with Crippen molar-refractivity contribution in [2.45, 2.75) is 33.1 Å². The van der Waals surface area contributed by atoms with Gasteiger partial charge in [-0.05, 0) is 82.6 Å². The molecule has 0 unspecified atom stereocenters. The largest absolute Gasteiger partial charge is 0.508 e. The van der Waals surface area contributed by atoms with Gasteiger partial charge in [0.2, 0.25) is 0 Å². The summed E-state index contributed by atoms with van der Waals surface area (Å²) in [5, 5.41) is 19.1. The van der Waals surface area contributed by atoms with Gasteiger partial charge in [0, 0.05) is 5.41 Å². The van der Waals surface area contributed by atoms with E-state index < -0.39 is 0 Å². The molecule has 2 nitrogen and oxygen atoms in total. The lowest BCUT2D eigenvalue weighted by Crippen LogP contribution is -2.19. The third-order valence-electron chi connectivity index (χ3n) is 6.25. The van der Waals surface area contributed by atoms with Gasteiger partial charge in [0.1, 0.15) is 11.5 Å². The molecule has 0 aliphatic rings. The predicted octanol–water partition coefficient (Wildman–Crippen LogP) is 7.37. The average Bonchev–Trinajstić information content (AvgIpc) is 2.75. The van der Waals surface area contributed by atoms with Crippen LogP contribution in [0.25, 0.3) is 22.3 Å². The summed E-state index contributed by atoms with van der Waals surface area (Å²) in [7, 11) is 0. The fourth-order valence-corrected chi connectivity index (χ4v) is 4.20. The summed E-state index contributed by atoms with van der Waals surface area (Å²) in [5.41, 5.74) is 9.39. The van der Waals surface area contributed by atoms with Crippen molar-refractivity contribution in [2.24, 2.45) is 0 Å². The molecule has 2 heteroatoms. The van der Waals surface area contributed by atoms with Crippen LogP contribution in [0, 0.1) is 13.8 Å². The van der Waals surface area contributed by atoms with E-state index in [0.717, 1.165) is 11.1 Å². The van der Waals surface area contributed by atoms with Gasteiger partial charge in [0.25, 0.3) is 0 Å². The molecule has 0 saturated carbocycles. The lowest BCUT2D eigenvalue weighted by molar-refractivity contribution is 0.475. The van der Waals surface area contributed by atoms with Gasteiger partial charge in [-0.2, -0.15) is 0 Å². The summed E-state index contributed by atoms with van der Waals surface area (Å²) in [5.74, 6) is 0.565. The predicted molar refractivity (Wildman–Crippen MR) is 129 cm³/mol. The monoisotopic (exact) mass is 408 g/mol. The summed E-state index contributed by atoms with van der Waals surface area (Å²) < 4.78 is 0. The van der Waals surface area contributed by atoms with E-state index in [1.54, 1.807) is 24.3 Å². The van der Waals surface area contributed by atoms with Crippen LogP contribution in [0.2, 0.25) is 0 Å². The van der Waals surface area contributed by atoms with Crippen molar-refractivity contribution in [2.75, 3.05) is 0 Å². The van der Waals surface area contributed by atoms with Crippen molar-refractivity contribution in [3.05, 3.63) is 107 Å². The third kappa shape index (κ3) is 4.06. The Labute approximate surface area is 184 Å². The van der Waals surface area contributed by atoms with Crippen molar-refractivity contribution in [1.82, 2.24) is 0 Å². The Bertz CT molecular complexity index is 1120. The van der Waals surface area contributed by atoms with Gasteiger partial charge >= 0.3 is 0 Å². The maximum atomic E-state index is 9.57. The minimum absolute atomic E-state index is 0.142. The zero-order valence-corrected chi connectivity index (χ0v) is 18.5. The van der Waals surface area contributed by atoms with E-state index in [-0.39, 0.29) is 16.9 Å². The molecule has 0 fully saturated rings. The molecule has 0 radical (unpaired) electrons. The maximum absolute atomic E-state index is 9.57. The molecule has 0 atom stereocenters. The molecule has 0 aromatic heterocycles. The van der Waals surface area contributed by atoms with Crippen LogP contribution < -0.4 is 0 Å². The number of benzene rings is 4. The standard InChI is InChI=1S/C29H28O2/c1-19-17-23(9-15-27(19)21-5-11-25(30)12-6-21)29(3,4)24-10-16-28(20(2)18-24)22-7-13-26(31)14-8-22/h5-18,30-31H,1-4H3. The van der Waals surface area contributed by atoms with Crippen LogP contribution in [0.5, 0.6) is 11.5 Å². The number of aromatic hydroxyl groups is 2. The van der Waals surface area contributed by atoms with Crippen LogP contribution in [-0.2, 0) is 5.41 Å². The molecule has 0 spiro atoms. The van der Waals surface area contributed by atoms with E-state index in [0.29, 0.717) is 0 Å². The number of phenols is 2. The minimum atomic E-state index is -0.142. The van der Waals surface area contributed by atoms with Crippen LogP contribution in [-0.4, -0.2) is 10.2 Å². The molecule has 31 heavy (non-hydrogen) atoms. The molecular weight excluding hydrogens is 380 g/mol. The van der Waals surface area contributed by atoms with Crippen LogP contribution in [0.15, 0.2) is 84.9 Å². The molecule has 156 valence electrons. The van der Waals surface area contributed by atoms with Crippen molar-refractivity contribution in [3.8, 4) is 33.8 Å². The lowest BCUT2D eigenvalue weighted by Gasteiger charge is -2.28. The molecule has 4 aromatic rings. The second kappa shape index (κ2) is 7.96. The molecule has 4 rings (SSSR count). The fraction of sp³-hybridized carbons (Fsp3) is 0.172. The normalized spacial score (nSPS) is 11.5. The highest BCUT2D eigenvalue weighted by molar-refractivity contribution is 5.70. The SMILES string of the molecule is Cc1cc(C(C)(C)c2ccc(-c3ccc(O)cc3)c(C)c2)ccc1-c1ccc(O)cc1. The minimum Gasteiger partial charge on any atom is -0.508 e. The quantitative estimate of drug-likeness (QED) is 0.370. The molecule has 0 bridgehead atoms. The molecule has 0 heterocycles. The summed E-state index contributed by atoms with van der Waals surface area (Å²) in [6, 6.07) is 28.0. The van der Waals surface area contributed by atoms with E-state index in [4.69, 9.17) is 0 Å². The van der Waals surface area contributed by atoms with E-state index in [9.17, 15) is 10.2 Å². The molecule has 4 aromatic carbocycles. The van der Waals surface area contributed by atoms with Gasteiger partial charge in [-0.3, -0.25) is 0 Å². The van der Waals surface area contributed by atoms with Gasteiger partial charge in [-0.1, -0.05) is 74.5 Å². The van der Waals surface area contributed by atoms with Crippen LogP contribution in [0.4, 0.5) is 0 Å². The summed E-state index contributed by atoms with van der Waals surface area (Å²) in [6.07, 6.45) is 0. The zero-order valence-electron chi connectivity index (χ0n) is 18.5. The highest BCUT2D eigenvalue weighted by atomic mass is 16.3. The smallest absolute Gasteiger partial charge is 0.115 e. The van der Waals surface area contributed by atoms with Gasteiger partial charge in [0.05, 0.1) is 0 Å². The fourth-order valence-electron chi connectivity index (χ4n) is 4.20. The Morgan fingerprint density at radius 2 is 0.871 bits per heavy atom. The second-order valence-electron chi connectivity index (χ2n) is 8.78. The number of hydrogen-bond acceptors (Lipinski definition) is 2. The van der Waals surface area contributed by atoms with Gasteiger partial charge in [-0.25, -0.2) is 0 Å². The summed E-state index contributed by atoms with van der Waals surface area (Å²) >= 11 is 0. The highest BCUT2D eigenvalue weighted by Gasteiger charge is 2.24. The van der Waals surface area contributed by atoms with Crippen LogP contribution in [0.3, 0.4) is 0 Å². The van der Waals surface area contributed by atoms with Crippen molar-refractivity contribution in [3.63, 3.8) is 0 Å². The number of hydrogen-bond donors (Lipinski definition) is 2. The number of phenolic OH excluding ortho intramolecular Hbond substituents is 2. The van der Waals surface area contributed by atoms with E-state index in [2.05, 4.69) is 64.1 Å². The number of rotatable bonds is 4. The molecule has 0 amide bonds. The Kier molecular flexibility index (Phi) is 5.32. The Balaban J connectivity index is 1.68. The summed E-state index contributed by atoms with van der Waals surface area (Å²) in [4.78, 5) is 0. The third-order valence-corrected chi connectivity index (χ3v) is 6.25. The van der Waals surface area contributed by atoms with Crippen molar-refractivity contribution in [1.29, 1.82) is 0 Å². The average molecular weight is 409 g/mol. The molecule has 0 aliphatic carbocycles. The maximum Gasteiger partial charge on any atom is 0.115 e. The van der Waals surface area contributed by atoms with E-state index in [1.807, 2.05) is 24.3 Å². The Hall–Kier alpha value is -3.52. The first-order chi connectivity index (χ1) is 14.8. The van der Waals surface area contributed by atoms with E-state index >= 15 is 0 Å². The first-order valence-electron chi connectivity index (χ1n) is 10.6. The van der Waals surface area contributed by atoms with Crippen molar-refractivity contribution >= 4 is 0 Å². The summed E-state index contributed by atoms with van der Waals surface area (Å²) in [6.45, 7) is 8.80. The van der Waals surface area contributed by atoms with Gasteiger partial charge in [-0.15, -0.1) is 0 Å². The first-order valence-corrected chi connectivity index (χ1v) is 10.6. The first kappa shape index (κ1) is 20.7. The van der Waals surface area contributed by atoms with Crippen molar-refractivity contribution < 1.29 is 10.2 Å². The van der Waals surface area contributed by atoms with Gasteiger partial charge < -0.3 is 10.2 Å². The van der Waals surface area contributed by atoms with Crippen LogP contribution >= 0.6 is 0 Å². The molecule has 0 saturated heterocycles. The number of aryl methyl sites for hydroxylation is 2. The lowest BCUT2D eigenvalue weighted by atomic mass is 9.76. The molecular formula is C29H28O2. The van der Waals surface area contributed by atoms with Crippen LogP contribution in [0.1, 0.15) is 36.1 Å². The van der Waals surface area contributed by atoms with Gasteiger partial charge in [0.15, 0.2) is 0 Å². The molecule has 0 aliphatic heterocycles. The Morgan fingerprint density at radius 3 is 1.19 bits per heavy atom. The van der Waals surface area contributed by atoms with E-state index in [1.165, 1.54) is 33.4 Å². The Morgan fingerprint density at radius 1 is 0.516 bits per heavy atom. The topological polar surface area (TPSA) is 40.5 Å².